The van der Waals surface area contributed by atoms with E-state index >= 15 is 0 Å². The van der Waals surface area contributed by atoms with Gasteiger partial charge in [-0.1, -0.05) is 42.5 Å². The number of phenols is 1. The molecule has 2 N–H and O–H groups in total. The normalized spacial score (nSPS) is 12.2. The molecule has 112 valence electrons. The second-order valence-electron chi connectivity index (χ2n) is 5.13. The summed E-state index contributed by atoms with van der Waals surface area (Å²) in [5.41, 5.74) is 2.23. The number of phenolic OH excluding ortho intramolecular Hbond substituents is 1. The minimum atomic E-state index is 0.116. The Bertz CT molecular complexity index is 698. The standard InChI is InChI=1S/C17H18N4O/c22-16-8-4-5-14(9-16)10-19-17(11-21-13-18-12-20-21)15-6-2-1-3-7-15/h1-9,12-13,17,19,22H,10-11H2. The van der Waals surface area contributed by atoms with Crippen molar-refractivity contribution in [1.82, 2.24) is 20.1 Å². The van der Waals surface area contributed by atoms with Gasteiger partial charge >= 0.3 is 0 Å². The summed E-state index contributed by atoms with van der Waals surface area (Å²) in [5, 5.41) is 17.2. The molecule has 0 aliphatic heterocycles. The zero-order valence-electron chi connectivity index (χ0n) is 12.1. The molecular weight excluding hydrogens is 276 g/mol. The van der Waals surface area contributed by atoms with Gasteiger partial charge < -0.3 is 10.4 Å². The molecule has 0 aliphatic rings. The highest BCUT2D eigenvalue weighted by Crippen LogP contribution is 2.17. The lowest BCUT2D eigenvalue weighted by Crippen LogP contribution is -2.25. The van der Waals surface area contributed by atoms with Crippen LogP contribution in [0.3, 0.4) is 0 Å². The molecule has 0 saturated heterocycles. The highest BCUT2D eigenvalue weighted by Gasteiger charge is 2.12. The van der Waals surface area contributed by atoms with Crippen LogP contribution in [0.1, 0.15) is 17.2 Å². The van der Waals surface area contributed by atoms with Crippen LogP contribution in [0, 0.1) is 0 Å². The van der Waals surface area contributed by atoms with Gasteiger partial charge in [0, 0.05) is 6.54 Å². The second kappa shape index (κ2) is 6.87. The maximum atomic E-state index is 9.55. The summed E-state index contributed by atoms with van der Waals surface area (Å²) in [6, 6.07) is 17.6. The molecule has 0 aliphatic carbocycles. The van der Waals surface area contributed by atoms with E-state index in [2.05, 4.69) is 27.5 Å². The minimum Gasteiger partial charge on any atom is -0.508 e. The van der Waals surface area contributed by atoms with Gasteiger partial charge in [-0.25, -0.2) is 4.98 Å². The van der Waals surface area contributed by atoms with Crippen molar-refractivity contribution in [2.75, 3.05) is 0 Å². The van der Waals surface area contributed by atoms with Crippen LogP contribution < -0.4 is 5.32 Å². The predicted molar refractivity (Wildman–Crippen MR) is 84.2 cm³/mol. The molecule has 0 bridgehead atoms. The Morgan fingerprint density at radius 2 is 1.95 bits per heavy atom. The van der Waals surface area contributed by atoms with Gasteiger partial charge in [-0.3, -0.25) is 4.68 Å². The summed E-state index contributed by atoms with van der Waals surface area (Å²) < 4.78 is 1.81. The topological polar surface area (TPSA) is 63.0 Å². The summed E-state index contributed by atoms with van der Waals surface area (Å²) >= 11 is 0. The van der Waals surface area contributed by atoms with Crippen molar-refractivity contribution in [3.05, 3.63) is 78.4 Å². The van der Waals surface area contributed by atoms with Gasteiger partial charge in [0.1, 0.15) is 18.4 Å². The largest absolute Gasteiger partial charge is 0.508 e. The molecule has 1 aromatic heterocycles. The summed E-state index contributed by atoms with van der Waals surface area (Å²) in [6.45, 7) is 1.37. The van der Waals surface area contributed by atoms with Crippen molar-refractivity contribution in [2.45, 2.75) is 19.1 Å². The van der Waals surface area contributed by atoms with E-state index in [1.807, 2.05) is 35.0 Å². The number of aromatic hydroxyl groups is 1. The van der Waals surface area contributed by atoms with E-state index in [4.69, 9.17) is 0 Å². The molecule has 3 aromatic rings. The highest BCUT2D eigenvalue weighted by atomic mass is 16.3. The highest BCUT2D eigenvalue weighted by molar-refractivity contribution is 5.27. The molecular formula is C17H18N4O. The zero-order chi connectivity index (χ0) is 15.2. The van der Waals surface area contributed by atoms with Gasteiger partial charge in [0.2, 0.25) is 0 Å². The van der Waals surface area contributed by atoms with Crippen LogP contribution in [0.5, 0.6) is 5.75 Å². The van der Waals surface area contributed by atoms with Gasteiger partial charge in [-0.15, -0.1) is 0 Å². The first-order valence-corrected chi connectivity index (χ1v) is 7.20. The van der Waals surface area contributed by atoms with E-state index in [9.17, 15) is 5.11 Å². The molecule has 0 radical (unpaired) electrons. The summed E-state index contributed by atoms with van der Waals surface area (Å²) in [7, 11) is 0. The Labute approximate surface area is 129 Å². The van der Waals surface area contributed by atoms with Crippen LogP contribution >= 0.6 is 0 Å². The molecule has 0 spiro atoms. The number of nitrogens with one attached hydrogen (secondary N) is 1. The fourth-order valence-electron chi connectivity index (χ4n) is 2.39. The Balaban J connectivity index is 1.73. The smallest absolute Gasteiger partial charge is 0.137 e. The molecule has 5 nitrogen and oxygen atoms in total. The quantitative estimate of drug-likeness (QED) is 0.733. The number of benzene rings is 2. The van der Waals surface area contributed by atoms with E-state index in [1.165, 1.54) is 11.9 Å². The lowest BCUT2D eigenvalue weighted by atomic mass is 10.1. The molecule has 1 atom stereocenters. The Morgan fingerprint density at radius 1 is 1.09 bits per heavy atom. The minimum absolute atomic E-state index is 0.116. The Kier molecular flexibility index (Phi) is 4.46. The molecule has 5 heteroatoms. The SMILES string of the molecule is Oc1cccc(CNC(Cn2cncn2)c2ccccc2)c1. The maximum Gasteiger partial charge on any atom is 0.137 e. The van der Waals surface area contributed by atoms with Gasteiger partial charge in [-0.2, -0.15) is 5.10 Å². The van der Waals surface area contributed by atoms with Gasteiger partial charge in [0.05, 0.1) is 12.6 Å². The van der Waals surface area contributed by atoms with Gasteiger partial charge in [0.15, 0.2) is 0 Å². The fraction of sp³-hybridized carbons (Fsp3) is 0.176. The van der Waals surface area contributed by atoms with Crippen molar-refractivity contribution < 1.29 is 5.11 Å². The number of aromatic nitrogens is 3. The second-order valence-corrected chi connectivity index (χ2v) is 5.13. The summed E-state index contributed by atoms with van der Waals surface area (Å²) in [6.07, 6.45) is 3.25. The molecule has 0 amide bonds. The van der Waals surface area contributed by atoms with Gasteiger partial charge in [-0.05, 0) is 23.3 Å². The molecule has 1 heterocycles. The number of nitrogens with zero attached hydrogens (tertiary/aromatic N) is 3. The number of rotatable bonds is 6. The van der Waals surface area contributed by atoms with E-state index in [0.717, 1.165) is 5.56 Å². The van der Waals surface area contributed by atoms with Crippen LogP contribution in [0.2, 0.25) is 0 Å². The van der Waals surface area contributed by atoms with E-state index < -0.39 is 0 Å². The Morgan fingerprint density at radius 3 is 2.68 bits per heavy atom. The summed E-state index contributed by atoms with van der Waals surface area (Å²) in [4.78, 5) is 3.99. The van der Waals surface area contributed by atoms with Gasteiger partial charge in [0.25, 0.3) is 0 Å². The first kappa shape index (κ1) is 14.3. The Hall–Kier alpha value is -2.66. The number of hydrogen-bond acceptors (Lipinski definition) is 4. The third-order valence-corrected chi connectivity index (χ3v) is 3.50. The lowest BCUT2D eigenvalue weighted by Gasteiger charge is -2.19. The first-order chi connectivity index (χ1) is 10.8. The van der Waals surface area contributed by atoms with Crippen LogP contribution in [0.15, 0.2) is 67.3 Å². The lowest BCUT2D eigenvalue weighted by molar-refractivity contribution is 0.435. The third kappa shape index (κ3) is 3.71. The molecule has 2 aromatic carbocycles. The first-order valence-electron chi connectivity index (χ1n) is 7.20. The van der Waals surface area contributed by atoms with E-state index in [0.29, 0.717) is 13.1 Å². The maximum absolute atomic E-state index is 9.55. The van der Waals surface area contributed by atoms with Crippen LogP contribution in [-0.2, 0) is 13.1 Å². The average molecular weight is 294 g/mol. The third-order valence-electron chi connectivity index (χ3n) is 3.50. The molecule has 3 rings (SSSR count). The predicted octanol–water partition coefficient (Wildman–Crippen LogP) is 2.51. The average Bonchev–Trinajstić information content (AvgIpc) is 3.05. The van der Waals surface area contributed by atoms with Crippen LogP contribution in [-0.4, -0.2) is 19.9 Å². The van der Waals surface area contributed by atoms with Crippen molar-refractivity contribution in [3.63, 3.8) is 0 Å². The van der Waals surface area contributed by atoms with Crippen molar-refractivity contribution in [2.24, 2.45) is 0 Å². The van der Waals surface area contributed by atoms with E-state index in [1.54, 1.807) is 18.5 Å². The molecule has 22 heavy (non-hydrogen) atoms. The molecule has 0 saturated carbocycles. The van der Waals surface area contributed by atoms with Crippen molar-refractivity contribution >= 4 is 0 Å². The molecule has 0 fully saturated rings. The van der Waals surface area contributed by atoms with Crippen LogP contribution in [0.25, 0.3) is 0 Å². The zero-order valence-corrected chi connectivity index (χ0v) is 12.1. The van der Waals surface area contributed by atoms with Crippen LogP contribution in [0.4, 0.5) is 0 Å². The van der Waals surface area contributed by atoms with Crippen molar-refractivity contribution in [1.29, 1.82) is 0 Å². The summed E-state index contributed by atoms with van der Waals surface area (Å²) in [5.74, 6) is 0.284. The number of hydrogen-bond donors (Lipinski definition) is 2. The molecule has 1 unspecified atom stereocenters. The van der Waals surface area contributed by atoms with E-state index in [-0.39, 0.29) is 11.8 Å². The fourth-order valence-corrected chi connectivity index (χ4v) is 2.39. The van der Waals surface area contributed by atoms with Crippen molar-refractivity contribution in [3.8, 4) is 5.75 Å². The monoisotopic (exact) mass is 294 g/mol.